The minimum absolute atomic E-state index is 0.223. The van der Waals surface area contributed by atoms with Gasteiger partial charge in [0, 0.05) is 90.9 Å². The largest absolute Gasteiger partial charge is 0.496 e. The van der Waals surface area contributed by atoms with Crippen LogP contribution in [-0.2, 0) is 45.8 Å². The predicted octanol–water partition coefficient (Wildman–Crippen LogP) is 4.88. The Balaban J connectivity index is 1.28. The molecule has 2 N–H and O–H groups in total. The van der Waals surface area contributed by atoms with Crippen molar-refractivity contribution in [3.8, 4) is 5.75 Å². The molecule has 11 atom stereocenters. The molecular weight excluding hydrogens is 749 g/mol. The summed E-state index contributed by atoms with van der Waals surface area (Å²) in [6.45, 7) is 7.65. The highest BCUT2D eigenvalue weighted by Gasteiger charge is 2.80. The molecular formula is C47H58N4O8. The molecule has 4 fully saturated rings. The molecule has 0 radical (unpaired) electrons. The maximum Gasteiger partial charge on any atom is 0.344 e. The van der Waals surface area contributed by atoms with Crippen LogP contribution in [0.1, 0.15) is 74.8 Å². The standard InChI is InChI=1S/C47H58N4O8/c1-7-44-17-11-19-51-21-18-45(39(44)51)33-22-34(37(56-4)23-36(33)49(3)40(45)47(55,43(54)58-6)41(44)59-27(2)52)46(42(53)57-5)24-29-26-50(25-28-12-10-14-30(28)29)20-16-32-31-13-8-9-15-35(31)48-38(32)46/h8-9,11,13,15,17,22-23,28-30,39-41,48,55H,7,10,12,14,16,18-21,24-26H2,1-6H3/t28-,29?,30-,39?,40?,41?,44+,45?,46-,47+/m0/s1. The van der Waals surface area contributed by atoms with E-state index in [1.165, 1.54) is 34.0 Å². The zero-order valence-corrected chi connectivity index (χ0v) is 35.2. The highest BCUT2D eigenvalue weighted by atomic mass is 16.6. The van der Waals surface area contributed by atoms with Crippen LogP contribution in [0, 0.1) is 23.2 Å². The van der Waals surface area contributed by atoms with Crippen molar-refractivity contribution in [3.63, 3.8) is 0 Å². The minimum Gasteiger partial charge on any atom is -0.496 e. The number of H-pyrrole nitrogens is 1. The summed E-state index contributed by atoms with van der Waals surface area (Å²) in [5.74, 6) is 0.0745. The molecule has 2 aromatic carbocycles. The molecule has 2 bridgehead atoms. The van der Waals surface area contributed by atoms with Crippen molar-refractivity contribution in [1.82, 2.24) is 14.8 Å². The first-order chi connectivity index (χ1) is 28.4. The number of likely N-dealkylation sites (N-methyl/N-ethyl adjacent to an activating group) is 1. The van der Waals surface area contributed by atoms with E-state index in [4.69, 9.17) is 18.9 Å². The number of aromatic nitrogens is 1. The number of methoxy groups -OCH3 is 3. The van der Waals surface area contributed by atoms with E-state index in [2.05, 4.69) is 51.2 Å². The number of para-hydroxylation sites is 1. The lowest BCUT2D eigenvalue weighted by Gasteiger charge is -2.63. The first-order valence-corrected chi connectivity index (χ1v) is 21.7. The van der Waals surface area contributed by atoms with Gasteiger partial charge < -0.3 is 38.8 Å². The smallest absolute Gasteiger partial charge is 0.344 e. The minimum atomic E-state index is -2.27. The monoisotopic (exact) mass is 806 g/mol. The van der Waals surface area contributed by atoms with Gasteiger partial charge in [-0.25, -0.2) is 4.79 Å². The van der Waals surface area contributed by atoms with E-state index in [1.807, 2.05) is 31.0 Å². The topological polar surface area (TPSA) is 134 Å². The van der Waals surface area contributed by atoms with E-state index in [1.54, 1.807) is 7.11 Å². The molecule has 10 rings (SSSR count). The number of carbonyl (C=O) groups excluding carboxylic acids is 3. The van der Waals surface area contributed by atoms with E-state index in [9.17, 15) is 14.7 Å². The van der Waals surface area contributed by atoms with Crippen molar-refractivity contribution in [2.45, 2.75) is 93.4 Å². The van der Waals surface area contributed by atoms with Crippen molar-refractivity contribution in [2.75, 3.05) is 66.0 Å². The van der Waals surface area contributed by atoms with Gasteiger partial charge in [0.25, 0.3) is 0 Å². The summed E-state index contributed by atoms with van der Waals surface area (Å²) in [6.07, 6.45) is 8.90. The molecule has 314 valence electrons. The van der Waals surface area contributed by atoms with Crippen LogP contribution < -0.4 is 9.64 Å². The van der Waals surface area contributed by atoms with Gasteiger partial charge in [-0.1, -0.05) is 43.7 Å². The first kappa shape index (κ1) is 38.8. The van der Waals surface area contributed by atoms with E-state index < -0.39 is 45.9 Å². The van der Waals surface area contributed by atoms with Gasteiger partial charge in [-0.05, 0) is 86.1 Å². The van der Waals surface area contributed by atoms with Crippen LogP contribution in [-0.4, -0.2) is 123 Å². The number of nitrogens with zero attached hydrogens (tertiary/aromatic N) is 3. The number of hydrogen-bond donors (Lipinski definition) is 2. The van der Waals surface area contributed by atoms with Crippen LogP contribution in [0.5, 0.6) is 5.75 Å². The van der Waals surface area contributed by atoms with Crippen LogP contribution in [0.3, 0.4) is 0 Å². The molecule has 2 saturated heterocycles. The third kappa shape index (κ3) is 4.91. The number of benzene rings is 2. The maximum absolute atomic E-state index is 15.4. The van der Waals surface area contributed by atoms with E-state index in [0.717, 1.165) is 71.5 Å². The summed E-state index contributed by atoms with van der Waals surface area (Å²) in [7, 11) is 6.33. The highest BCUT2D eigenvalue weighted by molar-refractivity contribution is 5.95. The molecule has 1 spiro atoms. The number of ether oxygens (including phenoxy) is 4. The van der Waals surface area contributed by atoms with Gasteiger partial charge in [-0.2, -0.15) is 0 Å². The lowest BCUT2D eigenvalue weighted by molar-refractivity contribution is -0.228. The molecule has 12 heteroatoms. The lowest BCUT2D eigenvalue weighted by atomic mass is 9.47. The quantitative estimate of drug-likeness (QED) is 0.201. The van der Waals surface area contributed by atoms with Crippen molar-refractivity contribution >= 4 is 34.5 Å². The third-order valence-corrected chi connectivity index (χ3v) is 16.5. The Bertz CT molecular complexity index is 2270. The average molecular weight is 807 g/mol. The SMILES string of the molecule is CC[C@]12C=CCN3CCC4(c5cc([C@@]6(C(=O)OC)CC7CN(CCc8c6[nH]c6ccccc86)C[C@@H]6CCC[C@H]76)c(OC)cc5N(C)C4[C@](O)(C(=O)OC)C1OC(C)=O)C32. The van der Waals surface area contributed by atoms with Gasteiger partial charge in [0.05, 0.1) is 27.4 Å². The molecule has 1 aromatic heterocycles. The Kier molecular flexibility index (Phi) is 8.91. The highest BCUT2D eigenvalue weighted by Crippen LogP contribution is 2.68. The summed E-state index contributed by atoms with van der Waals surface area (Å²) in [6, 6.07) is 11.4. The summed E-state index contributed by atoms with van der Waals surface area (Å²) in [5, 5.41) is 14.5. The summed E-state index contributed by atoms with van der Waals surface area (Å²) >= 11 is 0. The number of hydrogen-bond acceptors (Lipinski definition) is 11. The predicted molar refractivity (Wildman–Crippen MR) is 221 cm³/mol. The van der Waals surface area contributed by atoms with Crippen LogP contribution in [0.15, 0.2) is 48.6 Å². The van der Waals surface area contributed by atoms with Crippen molar-refractivity contribution in [3.05, 3.63) is 70.9 Å². The number of piperidine rings is 1. The number of rotatable bonds is 6. The number of aliphatic hydroxyl groups is 1. The fraction of sp³-hybridized carbons (Fsp3) is 0.596. The Morgan fingerprint density at radius 1 is 0.966 bits per heavy atom. The first-order valence-electron chi connectivity index (χ1n) is 21.7. The molecule has 6 unspecified atom stereocenters. The number of carbonyl (C=O) groups is 3. The van der Waals surface area contributed by atoms with Crippen molar-refractivity contribution in [1.29, 1.82) is 0 Å². The molecule has 59 heavy (non-hydrogen) atoms. The van der Waals surface area contributed by atoms with E-state index in [0.29, 0.717) is 49.9 Å². The fourth-order valence-corrected chi connectivity index (χ4v) is 14.6. The van der Waals surface area contributed by atoms with Gasteiger partial charge in [-0.3, -0.25) is 14.5 Å². The summed E-state index contributed by atoms with van der Waals surface area (Å²) < 4.78 is 24.2. The van der Waals surface area contributed by atoms with Gasteiger partial charge in [0.2, 0.25) is 5.60 Å². The molecule has 2 saturated carbocycles. The van der Waals surface area contributed by atoms with E-state index >= 15 is 4.79 Å². The Labute approximate surface area is 346 Å². The zero-order chi connectivity index (χ0) is 41.2. The second-order valence-corrected chi connectivity index (χ2v) is 18.7. The molecule has 0 amide bonds. The summed E-state index contributed by atoms with van der Waals surface area (Å²) in [4.78, 5) is 53.8. The van der Waals surface area contributed by atoms with Gasteiger partial charge in [-0.15, -0.1) is 0 Å². The third-order valence-electron chi connectivity index (χ3n) is 16.5. The fourth-order valence-electron chi connectivity index (χ4n) is 14.6. The molecule has 6 heterocycles. The molecule has 12 nitrogen and oxygen atoms in total. The Morgan fingerprint density at radius 2 is 1.75 bits per heavy atom. The van der Waals surface area contributed by atoms with Gasteiger partial charge >= 0.3 is 17.9 Å². The molecule has 3 aromatic rings. The molecule has 7 aliphatic rings. The molecule has 2 aliphatic carbocycles. The lowest BCUT2D eigenvalue weighted by Crippen LogP contribution is -2.81. The number of anilines is 1. The van der Waals surface area contributed by atoms with E-state index in [-0.39, 0.29) is 17.9 Å². The summed E-state index contributed by atoms with van der Waals surface area (Å²) in [5.41, 5.74) is 0.0488. The van der Waals surface area contributed by atoms with Crippen LogP contribution in [0.25, 0.3) is 10.9 Å². The van der Waals surface area contributed by atoms with Crippen molar-refractivity contribution in [2.24, 2.45) is 23.2 Å². The van der Waals surface area contributed by atoms with Gasteiger partial charge in [0.1, 0.15) is 11.2 Å². The molecule has 5 aliphatic heterocycles. The number of aromatic amines is 1. The number of nitrogens with one attached hydrogen (secondary N) is 1. The van der Waals surface area contributed by atoms with Crippen LogP contribution >= 0.6 is 0 Å². The normalized spacial score (nSPS) is 37.9. The second kappa shape index (κ2) is 13.6. The van der Waals surface area contributed by atoms with Crippen molar-refractivity contribution < 1.29 is 38.4 Å². The number of fused-ring (bicyclic) bond motifs is 8. The zero-order valence-electron chi connectivity index (χ0n) is 35.2. The van der Waals surface area contributed by atoms with Crippen LogP contribution in [0.2, 0.25) is 0 Å². The average Bonchev–Trinajstić information content (AvgIpc) is 4.03. The maximum atomic E-state index is 15.4. The second-order valence-electron chi connectivity index (χ2n) is 18.7. The Hall–Kier alpha value is -4.39. The Morgan fingerprint density at radius 3 is 2.49 bits per heavy atom. The van der Waals surface area contributed by atoms with Crippen LogP contribution in [0.4, 0.5) is 5.69 Å². The number of esters is 3. The van der Waals surface area contributed by atoms with Gasteiger partial charge in [0.15, 0.2) is 6.10 Å².